The standard InChI is InChI=1S/C22H27F2N3O4/c23-16-8-14(9-17(24)19(16)15-6-7-18(28)26-21(15)29)27-10-13(11-27)20(31-22(25)30)12-4-2-1-3-5-12/h8-9,12-13,15,20H,1-7,10-11H2,(H2,25,30)(H,26,28,29). The van der Waals surface area contributed by atoms with Gasteiger partial charge in [-0.15, -0.1) is 0 Å². The van der Waals surface area contributed by atoms with Crippen LogP contribution in [0.1, 0.15) is 56.4 Å². The number of hydrogen-bond donors (Lipinski definition) is 2. The van der Waals surface area contributed by atoms with Crippen LogP contribution < -0.4 is 16.0 Å². The van der Waals surface area contributed by atoms with Crippen molar-refractivity contribution in [2.24, 2.45) is 17.6 Å². The molecule has 2 unspecified atom stereocenters. The summed E-state index contributed by atoms with van der Waals surface area (Å²) in [6.45, 7) is 1.01. The molecule has 1 aliphatic carbocycles. The summed E-state index contributed by atoms with van der Waals surface area (Å²) in [5.41, 5.74) is 5.36. The van der Waals surface area contributed by atoms with Gasteiger partial charge in [0.25, 0.3) is 0 Å². The highest BCUT2D eigenvalue weighted by Gasteiger charge is 2.41. The van der Waals surface area contributed by atoms with E-state index < -0.39 is 35.5 Å². The van der Waals surface area contributed by atoms with E-state index in [1.807, 2.05) is 4.90 Å². The summed E-state index contributed by atoms with van der Waals surface area (Å²) in [5.74, 6) is -3.42. The first-order valence-corrected chi connectivity index (χ1v) is 10.9. The summed E-state index contributed by atoms with van der Waals surface area (Å²) in [6, 6.07) is 2.45. The molecule has 1 aromatic rings. The summed E-state index contributed by atoms with van der Waals surface area (Å²) in [6.07, 6.45) is 4.39. The fourth-order valence-corrected chi connectivity index (χ4v) is 5.16. The van der Waals surface area contributed by atoms with Gasteiger partial charge in [0, 0.05) is 36.7 Å². The minimum Gasteiger partial charge on any atom is -0.446 e. The zero-order chi connectivity index (χ0) is 22.1. The second-order valence-electron chi connectivity index (χ2n) is 8.79. The number of amides is 3. The number of anilines is 1. The second-order valence-corrected chi connectivity index (χ2v) is 8.79. The molecule has 3 N–H and O–H groups in total. The van der Waals surface area contributed by atoms with Crippen molar-refractivity contribution in [2.75, 3.05) is 18.0 Å². The number of benzene rings is 1. The van der Waals surface area contributed by atoms with Crippen LogP contribution in [0.5, 0.6) is 0 Å². The Morgan fingerprint density at radius 3 is 2.29 bits per heavy atom. The Hall–Kier alpha value is -2.71. The van der Waals surface area contributed by atoms with E-state index in [-0.39, 0.29) is 36.3 Å². The first-order valence-electron chi connectivity index (χ1n) is 10.9. The van der Waals surface area contributed by atoms with E-state index in [4.69, 9.17) is 10.5 Å². The number of piperidine rings is 1. The van der Waals surface area contributed by atoms with Crippen molar-refractivity contribution in [2.45, 2.75) is 57.0 Å². The number of carbonyl (C=O) groups is 3. The normalized spacial score (nSPS) is 23.8. The molecule has 1 saturated carbocycles. The van der Waals surface area contributed by atoms with Gasteiger partial charge < -0.3 is 15.4 Å². The highest BCUT2D eigenvalue weighted by atomic mass is 19.1. The summed E-state index contributed by atoms with van der Waals surface area (Å²) < 4.78 is 35.0. The molecule has 3 amide bonds. The number of ether oxygens (including phenoxy) is 1. The maximum absolute atomic E-state index is 14.8. The second kappa shape index (κ2) is 8.80. The van der Waals surface area contributed by atoms with Gasteiger partial charge in [-0.1, -0.05) is 19.3 Å². The zero-order valence-corrected chi connectivity index (χ0v) is 17.2. The maximum atomic E-state index is 14.8. The van der Waals surface area contributed by atoms with E-state index in [9.17, 15) is 23.2 Å². The van der Waals surface area contributed by atoms with Crippen molar-refractivity contribution >= 4 is 23.6 Å². The average molecular weight is 435 g/mol. The number of nitrogens with one attached hydrogen (secondary N) is 1. The van der Waals surface area contributed by atoms with Gasteiger partial charge in [-0.3, -0.25) is 14.9 Å². The van der Waals surface area contributed by atoms with Crippen LogP contribution in [-0.2, 0) is 14.3 Å². The van der Waals surface area contributed by atoms with Gasteiger partial charge in [0.1, 0.15) is 17.7 Å². The number of nitrogens with two attached hydrogens (primary N) is 1. The quantitative estimate of drug-likeness (QED) is 0.693. The minimum absolute atomic E-state index is 0.0489. The number of primary amides is 1. The molecule has 3 fully saturated rings. The summed E-state index contributed by atoms with van der Waals surface area (Å²) in [5, 5.41) is 2.13. The molecule has 2 saturated heterocycles. The van der Waals surface area contributed by atoms with Gasteiger partial charge >= 0.3 is 6.09 Å². The molecule has 3 aliphatic rings. The number of carbonyl (C=O) groups excluding carboxylic acids is 3. The zero-order valence-electron chi connectivity index (χ0n) is 17.2. The van der Waals surface area contributed by atoms with Crippen LogP contribution in [0, 0.1) is 23.5 Å². The maximum Gasteiger partial charge on any atom is 0.404 e. The molecule has 4 rings (SSSR count). The lowest BCUT2D eigenvalue weighted by molar-refractivity contribution is -0.134. The van der Waals surface area contributed by atoms with Gasteiger partial charge in [-0.2, -0.15) is 0 Å². The molecule has 0 radical (unpaired) electrons. The van der Waals surface area contributed by atoms with Crippen LogP contribution in [-0.4, -0.2) is 37.1 Å². The molecule has 2 aliphatic heterocycles. The van der Waals surface area contributed by atoms with E-state index in [0.717, 1.165) is 25.7 Å². The van der Waals surface area contributed by atoms with E-state index in [2.05, 4.69) is 5.32 Å². The molecule has 31 heavy (non-hydrogen) atoms. The third-order valence-corrected chi connectivity index (χ3v) is 6.76. The third-order valence-electron chi connectivity index (χ3n) is 6.76. The van der Waals surface area contributed by atoms with Crippen molar-refractivity contribution < 1.29 is 27.9 Å². The molecular formula is C22H27F2N3O4. The molecule has 0 bridgehead atoms. The SMILES string of the molecule is NC(=O)OC(C1CCCCC1)C1CN(c2cc(F)c(C3CCC(=O)NC3=O)c(F)c2)C1. The van der Waals surface area contributed by atoms with Crippen molar-refractivity contribution in [1.29, 1.82) is 0 Å². The number of imide groups is 1. The molecule has 2 heterocycles. The van der Waals surface area contributed by atoms with Crippen LogP contribution in [0.25, 0.3) is 0 Å². The van der Waals surface area contributed by atoms with Crippen LogP contribution in [0.4, 0.5) is 19.3 Å². The van der Waals surface area contributed by atoms with E-state index >= 15 is 0 Å². The van der Waals surface area contributed by atoms with Crippen molar-refractivity contribution in [3.63, 3.8) is 0 Å². The van der Waals surface area contributed by atoms with Crippen molar-refractivity contribution in [3.8, 4) is 0 Å². The number of nitrogens with zero attached hydrogens (tertiary/aromatic N) is 1. The molecule has 2 atom stereocenters. The predicted octanol–water partition coefficient (Wildman–Crippen LogP) is 2.97. The lowest BCUT2D eigenvalue weighted by Gasteiger charge is -2.46. The van der Waals surface area contributed by atoms with E-state index in [1.54, 1.807) is 0 Å². The first kappa shape index (κ1) is 21.5. The van der Waals surface area contributed by atoms with Gasteiger partial charge in [0.15, 0.2) is 0 Å². The Morgan fingerprint density at radius 1 is 1.06 bits per heavy atom. The lowest BCUT2D eigenvalue weighted by atomic mass is 9.77. The van der Waals surface area contributed by atoms with Crippen LogP contribution in [0.3, 0.4) is 0 Å². The molecule has 168 valence electrons. The van der Waals surface area contributed by atoms with Gasteiger partial charge in [0.2, 0.25) is 11.8 Å². The number of rotatable bonds is 5. The minimum atomic E-state index is -1.02. The Bertz CT molecular complexity index is 859. The number of hydrogen-bond acceptors (Lipinski definition) is 5. The topological polar surface area (TPSA) is 102 Å². The fraction of sp³-hybridized carbons (Fsp3) is 0.591. The monoisotopic (exact) mass is 435 g/mol. The van der Waals surface area contributed by atoms with Crippen molar-refractivity contribution in [1.82, 2.24) is 5.32 Å². The molecule has 0 aromatic heterocycles. The first-order chi connectivity index (χ1) is 14.8. The molecule has 0 spiro atoms. The molecule has 1 aromatic carbocycles. The largest absolute Gasteiger partial charge is 0.446 e. The molecule has 7 nitrogen and oxygen atoms in total. The summed E-state index contributed by atoms with van der Waals surface area (Å²) >= 11 is 0. The predicted molar refractivity (Wildman–Crippen MR) is 108 cm³/mol. The summed E-state index contributed by atoms with van der Waals surface area (Å²) in [7, 11) is 0. The fourth-order valence-electron chi connectivity index (χ4n) is 5.16. The lowest BCUT2D eigenvalue weighted by Crippen LogP contribution is -2.55. The Kier molecular flexibility index (Phi) is 6.11. The highest BCUT2D eigenvalue weighted by molar-refractivity contribution is 6.01. The van der Waals surface area contributed by atoms with E-state index in [0.29, 0.717) is 18.8 Å². The molecular weight excluding hydrogens is 408 g/mol. The van der Waals surface area contributed by atoms with Gasteiger partial charge in [0.05, 0.1) is 5.92 Å². The van der Waals surface area contributed by atoms with Crippen molar-refractivity contribution in [3.05, 3.63) is 29.3 Å². The van der Waals surface area contributed by atoms with Crippen LogP contribution in [0.15, 0.2) is 12.1 Å². The van der Waals surface area contributed by atoms with Crippen LogP contribution in [0.2, 0.25) is 0 Å². The smallest absolute Gasteiger partial charge is 0.404 e. The van der Waals surface area contributed by atoms with Gasteiger partial charge in [-0.25, -0.2) is 13.6 Å². The van der Waals surface area contributed by atoms with E-state index in [1.165, 1.54) is 18.6 Å². The average Bonchev–Trinajstić information content (AvgIpc) is 2.67. The Labute approximate surface area is 179 Å². The molecule has 9 heteroatoms. The highest BCUT2D eigenvalue weighted by Crippen LogP contribution is 2.38. The third kappa shape index (κ3) is 4.50. The Balaban J connectivity index is 1.46. The Morgan fingerprint density at radius 2 is 1.71 bits per heavy atom. The number of halogens is 2. The summed E-state index contributed by atoms with van der Waals surface area (Å²) in [4.78, 5) is 36.6. The van der Waals surface area contributed by atoms with Crippen LogP contribution >= 0.6 is 0 Å². The van der Waals surface area contributed by atoms with Gasteiger partial charge in [-0.05, 0) is 37.3 Å².